The average molecular weight is 563 g/mol. The van der Waals surface area contributed by atoms with Gasteiger partial charge in [0.25, 0.3) is 11.8 Å². The molecule has 11 nitrogen and oxygen atoms in total. The molecule has 0 fully saturated rings. The van der Waals surface area contributed by atoms with E-state index in [2.05, 4.69) is 36.1 Å². The molecule has 3 aromatic heterocycles. The molecule has 2 aromatic carbocycles. The Morgan fingerprint density at radius 3 is 2.61 bits per heavy atom. The molecular formula is C27H21F3N8O3. The summed E-state index contributed by atoms with van der Waals surface area (Å²) in [4.78, 5) is 33.7. The van der Waals surface area contributed by atoms with Gasteiger partial charge < -0.3 is 15.1 Å². The molecule has 1 aliphatic carbocycles. The number of amides is 2. The summed E-state index contributed by atoms with van der Waals surface area (Å²) in [6.45, 7) is 0.00754. The van der Waals surface area contributed by atoms with Crippen molar-refractivity contribution in [2.75, 3.05) is 0 Å². The van der Waals surface area contributed by atoms with E-state index in [-0.39, 0.29) is 29.6 Å². The zero-order valence-corrected chi connectivity index (χ0v) is 21.4. The molecule has 41 heavy (non-hydrogen) atoms. The third kappa shape index (κ3) is 5.23. The minimum absolute atomic E-state index is 0.00754. The van der Waals surface area contributed by atoms with Gasteiger partial charge in [-0.15, -0.1) is 5.10 Å². The molecule has 2 amide bonds. The van der Waals surface area contributed by atoms with Crippen LogP contribution in [0.2, 0.25) is 0 Å². The van der Waals surface area contributed by atoms with E-state index < -0.39 is 23.8 Å². The van der Waals surface area contributed by atoms with Crippen LogP contribution in [0.25, 0.3) is 22.4 Å². The van der Waals surface area contributed by atoms with Crippen molar-refractivity contribution >= 4 is 22.8 Å². The number of alkyl halides is 3. The lowest BCUT2D eigenvalue weighted by Gasteiger charge is -2.14. The molecule has 0 spiro atoms. The fourth-order valence-corrected chi connectivity index (χ4v) is 4.82. The van der Waals surface area contributed by atoms with Crippen LogP contribution in [0.15, 0.2) is 59.3 Å². The molecule has 14 heteroatoms. The highest BCUT2D eigenvalue weighted by Gasteiger charge is 2.35. The number of rotatable bonds is 6. The van der Waals surface area contributed by atoms with Gasteiger partial charge in [-0.1, -0.05) is 24.3 Å². The molecule has 0 radical (unpaired) electrons. The Labute approximate surface area is 229 Å². The fourth-order valence-electron chi connectivity index (χ4n) is 4.82. The van der Waals surface area contributed by atoms with Crippen LogP contribution in [0, 0.1) is 0 Å². The van der Waals surface area contributed by atoms with Gasteiger partial charge in [-0.2, -0.15) is 13.2 Å². The van der Waals surface area contributed by atoms with E-state index in [9.17, 15) is 22.8 Å². The van der Waals surface area contributed by atoms with E-state index >= 15 is 0 Å². The molecule has 208 valence electrons. The lowest BCUT2D eigenvalue weighted by molar-refractivity contribution is -0.152. The van der Waals surface area contributed by atoms with Crippen LogP contribution in [0.3, 0.4) is 0 Å². The SMILES string of the molecule is Cn1nnnc1-c1ccc2c(c1)CC[C@H]2NC(=O)c1cc(C(=O)NCc2ccc3cc(C(F)(F)F)oc3c2)ncn1. The number of aromatic nitrogens is 6. The number of halogens is 3. The van der Waals surface area contributed by atoms with Gasteiger partial charge in [0.05, 0.1) is 6.04 Å². The van der Waals surface area contributed by atoms with Crippen molar-refractivity contribution in [2.24, 2.45) is 7.05 Å². The number of aryl methyl sites for hydroxylation is 2. The molecule has 1 atom stereocenters. The quantitative estimate of drug-likeness (QED) is 0.319. The number of carbonyl (C=O) groups is 2. The van der Waals surface area contributed by atoms with Gasteiger partial charge in [-0.05, 0) is 58.2 Å². The van der Waals surface area contributed by atoms with E-state index in [1.807, 2.05) is 18.2 Å². The number of tetrazole rings is 1. The van der Waals surface area contributed by atoms with Crippen molar-refractivity contribution in [3.63, 3.8) is 0 Å². The highest BCUT2D eigenvalue weighted by atomic mass is 19.4. The molecule has 2 N–H and O–H groups in total. The van der Waals surface area contributed by atoms with Crippen molar-refractivity contribution in [1.82, 2.24) is 40.8 Å². The van der Waals surface area contributed by atoms with Crippen molar-refractivity contribution in [2.45, 2.75) is 31.6 Å². The van der Waals surface area contributed by atoms with Gasteiger partial charge in [-0.25, -0.2) is 14.6 Å². The number of furan rings is 1. The molecule has 0 bridgehead atoms. The summed E-state index contributed by atoms with van der Waals surface area (Å²) in [5, 5.41) is 17.5. The van der Waals surface area contributed by atoms with Crippen molar-refractivity contribution in [3.8, 4) is 11.4 Å². The summed E-state index contributed by atoms with van der Waals surface area (Å²) < 4.78 is 45.2. The van der Waals surface area contributed by atoms with Gasteiger partial charge in [0.1, 0.15) is 23.3 Å². The Bertz CT molecular complexity index is 1800. The first-order chi connectivity index (χ1) is 19.7. The van der Waals surface area contributed by atoms with E-state index in [0.717, 1.165) is 35.5 Å². The van der Waals surface area contributed by atoms with Crippen LogP contribution in [0.5, 0.6) is 0 Å². The third-order valence-electron chi connectivity index (χ3n) is 6.85. The summed E-state index contributed by atoms with van der Waals surface area (Å²) >= 11 is 0. The summed E-state index contributed by atoms with van der Waals surface area (Å²) in [6, 6.07) is 12.3. The number of hydrogen-bond donors (Lipinski definition) is 2. The predicted molar refractivity (Wildman–Crippen MR) is 137 cm³/mol. The van der Waals surface area contributed by atoms with E-state index in [4.69, 9.17) is 4.42 Å². The van der Waals surface area contributed by atoms with Crippen LogP contribution in [0.1, 0.15) is 55.9 Å². The number of nitrogens with one attached hydrogen (secondary N) is 2. The zero-order chi connectivity index (χ0) is 28.7. The zero-order valence-electron chi connectivity index (χ0n) is 21.4. The minimum atomic E-state index is -4.59. The second kappa shape index (κ2) is 10.1. The molecule has 6 rings (SSSR count). The number of benzene rings is 2. The summed E-state index contributed by atoms with van der Waals surface area (Å²) in [5.74, 6) is -1.48. The molecule has 0 saturated heterocycles. The molecular weight excluding hydrogens is 541 g/mol. The van der Waals surface area contributed by atoms with Crippen LogP contribution in [-0.4, -0.2) is 42.0 Å². The lowest BCUT2D eigenvalue weighted by atomic mass is 10.0. The Morgan fingerprint density at radius 2 is 1.85 bits per heavy atom. The number of carbonyl (C=O) groups excluding carboxylic acids is 2. The average Bonchev–Trinajstić information content (AvgIpc) is 3.69. The first kappa shape index (κ1) is 26.1. The molecule has 1 aliphatic rings. The Hall–Kier alpha value is -5.14. The first-order valence-electron chi connectivity index (χ1n) is 12.5. The molecule has 5 aromatic rings. The second-order valence-corrected chi connectivity index (χ2v) is 9.56. The smallest absolute Gasteiger partial charge is 0.449 e. The van der Waals surface area contributed by atoms with Crippen LogP contribution in [0.4, 0.5) is 13.2 Å². The van der Waals surface area contributed by atoms with Crippen molar-refractivity contribution < 1.29 is 27.2 Å². The third-order valence-corrected chi connectivity index (χ3v) is 6.85. The number of fused-ring (bicyclic) bond motifs is 2. The minimum Gasteiger partial charge on any atom is -0.451 e. The normalized spacial score (nSPS) is 14.7. The Kier molecular flexibility index (Phi) is 6.44. The molecule has 0 aliphatic heterocycles. The van der Waals surface area contributed by atoms with Crippen molar-refractivity contribution in [3.05, 3.63) is 88.7 Å². The molecule has 0 saturated carbocycles. The van der Waals surface area contributed by atoms with Gasteiger partial charge >= 0.3 is 6.18 Å². The maximum absolute atomic E-state index is 13.0. The molecule has 0 unspecified atom stereocenters. The second-order valence-electron chi connectivity index (χ2n) is 9.56. The van der Waals surface area contributed by atoms with Gasteiger partial charge in [0, 0.05) is 30.6 Å². The van der Waals surface area contributed by atoms with Crippen molar-refractivity contribution in [1.29, 1.82) is 0 Å². The fraction of sp³-hybridized carbons (Fsp3) is 0.222. The highest BCUT2D eigenvalue weighted by Crippen LogP contribution is 2.35. The van der Waals surface area contributed by atoms with E-state index in [0.29, 0.717) is 23.2 Å². The lowest BCUT2D eigenvalue weighted by Crippen LogP contribution is -2.29. The topological polar surface area (TPSA) is 141 Å². The first-order valence-corrected chi connectivity index (χ1v) is 12.5. The van der Waals surface area contributed by atoms with E-state index in [1.54, 1.807) is 17.8 Å². The number of nitrogens with zero attached hydrogens (tertiary/aromatic N) is 6. The Morgan fingerprint density at radius 1 is 1.05 bits per heavy atom. The van der Waals surface area contributed by atoms with Crippen LogP contribution >= 0.6 is 0 Å². The van der Waals surface area contributed by atoms with Crippen LogP contribution in [-0.2, 0) is 26.2 Å². The van der Waals surface area contributed by atoms with E-state index in [1.165, 1.54) is 18.2 Å². The van der Waals surface area contributed by atoms with Crippen LogP contribution < -0.4 is 10.6 Å². The summed E-state index contributed by atoms with van der Waals surface area (Å²) in [7, 11) is 1.76. The maximum Gasteiger partial charge on any atom is 0.449 e. The van der Waals surface area contributed by atoms with Gasteiger partial charge in [0.15, 0.2) is 5.82 Å². The number of hydrogen-bond acceptors (Lipinski definition) is 8. The Balaban J connectivity index is 1.10. The molecule has 3 heterocycles. The monoisotopic (exact) mass is 562 g/mol. The maximum atomic E-state index is 13.0. The summed E-state index contributed by atoms with van der Waals surface area (Å²) in [6.07, 6.45) is -2.01. The predicted octanol–water partition coefficient (Wildman–Crippen LogP) is 3.78. The van der Waals surface area contributed by atoms with Gasteiger partial charge in [0.2, 0.25) is 5.76 Å². The summed E-state index contributed by atoms with van der Waals surface area (Å²) in [5.41, 5.74) is 3.53. The largest absolute Gasteiger partial charge is 0.451 e. The van der Waals surface area contributed by atoms with Gasteiger partial charge in [-0.3, -0.25) is 9.59 Å². The highest BCUT2D eigenvalue weighted by molar-refractivity contribution is 5.97. The standard InChI is InChI=1S/C27H21F3N8O3/c1-38-24(35-36-37-38)17-4-6-18-15(9-17)5-7-19(18)34-26(40)21-11-20(32-13-33-21)25(39)31-12-14-2-3-16-10-23(27(28,29)30)41-22(16)8-14/h2-4,6,8-11,13,19H,5,7,12H2,1H3,(H,31,39)(H,34,40)/t19-/m1/s1.